The van der Waals surface area contributed by atoms with Crippen LogP contribution in [0.4, 0.5) is 0 Å². The third-order valence-electron chi connectivity index (χ3n) is 2.06. The standard InChI is InChI=1S/C10H14O2/c1-2-8(9-6-7-9)4-3-5-10(11)12/h3-5,9H,2,6-7H2,1H3,(H,11,12)/b5-3-,8-4-. The Bertz CT molecular complexity index is 222. The summed E-state index contributed by atoms with van der Waals surface area (Å²) in [6, 6.07) is 0. The van der Waals surface area contributed by atoms with Crippen LogP contribution in [-0.4, -0.2) is 11.1 Å². The van der Waals surface area contributed by atoms with Gasteiger partial charge in [-0.1, -0.05) is 24.6 Å². The maximum Gasteiger partial charge on any atom is 0.328 e. The summed E-state index contributed by atoms with van der Waals surface area (Å²) in [4.78, 5) is 10.1. The summed E-state index contributed by atoms with van der Waals surface area (Å²) < 4.78 is 0. The molecule has 0 aromatic heterocycles. The SMILES string of the molecule is CC/C(=C/C=C\C(=O)O)C1CC1. The van der Waals surface area contributed by atoms with Gasteiger partial charge in [-0.05, 0) is 25.2 Å². The van der Waals surface area contributed by atoms with E-state index in [0.717, 1.165) is 12.3 Å². The number of allylic oxidation sites excluding steroid dienone is 3. The van der Waals surface area contributed by atoms with E-state index in [9.17, 15) is 4.79 Å². The molecule has 0 amide bonds. The van der Waals surface area contributed by atoms with Gasteiger partial charge in [-0.25, -0.2) is 4.79 Å². The van der Waals surface area contributed by atoms with Gasteiger partial charge in [-0.2, -0.15) is 0 Å². The zero-order valence-corrected chi connectivity index (χ0v) is 7.29. The highest BCUT2D eigenvalue weighted by Crippen LogP contribution is 2.37. The summed E-state index contributed by atoms with van der Waals surface area (Å²) in [5.41, 5.74) is 1.38. The highest BCUT2D eigenvalue weighted by Gasteiger charge is 2.23. The fourth-order valence-electron chi connectivity index (χ4n) is 1.25. The van der Waals surface area contributed by atoms with Crippen LogP contribution < -0.4 is 0 Å². The second-order valence-electron chi connectivity index (χ2n) is 3.07. The highest BCUT2D eigenvalue weighted by atomic mass is 16.4. The Morgan fingerprint density at radius 1 is 1.58 bits per heavy atom. The fourth-order valence-corrected chi connectivity index (χ4v) is 1.25. The zero-order valence-electron chi connectivity index (χ0n) is 7.29. The molecule has 0 heterocycles. The van der Waals surface area contributed by atoms with Gasteiger partial charge in [0, 0.05) is 6.08 Å². The number of carboxylic acids is 1. The maximum absolute atomic E-state index is 10.1. The Kier molecular flexibility index (Phi) is 3.09. The largest absolute Gasteiger partial charge is 0.478 e. The van der Waals surface area contributed by atoms with Crippen LogP contribution in [0, 0.1) is 5.92 Å². The number of hydrogen-bond acceptors (Lipinski definition) is 1. The first kappa shape index (κ1) is 9.04. The Balaban J connectivity index is 2.46. The smallest absolute Gasteiger partial charge is 0.328 e. The van der Waals surface area contributed by atoms with E-state index in [1.807, 2.05) is 6.08 Å². The Morgan fingerprint density at radius 2 is 2.25 bits per heavy atom. The minimum absolute atomic E-state index is 0.744. The molecule has 1 aliphatic rings. The predicted octanol–water partition coefficient (Wildman–Crippen LogP) is 2.37. The highest BCUT2D eigenvalue weighted by molar-refractivity contribution is 5.80. The molecule has 0 radical (unpaired) electrons. The Labute approximate surface area is 72.6 Å². The molecule has 0 aliphatic heterocycles. The van der Waals surface area contributed by atoms with Crippen LogP contribution in [-0.2, 0) is 4.79 Å². The summed E-state index contributed by atoms with van der Waals surface area (Å²) in [6.07, 6.45) is 8.33. The third kappa shape index (κ3) is 2.91. The second kappa shape index (κ2) is 4.10. The summed E-state index contributed by atoms with van der Waals surface area (Å²) >= 11 is 0. The first-order valence-electron chi connectivity index (χ1n) is 4.34. The molecule has 0 saturated heterocycles. The molecule has 0 atom stereocenters. The summed E-state index contributed by atoms with van der Waals surface area (Å²) in [6.45, 7) is 2.11. The zero-order chi connectivity index (χ0) is 8.97. The molecule has 0 unspecified atom stereocenters. The van der Waals surface area contributed by atoms with Gasteiger partial charge in [-0.3, -0.25) is 0 Å². The van der Waals surface area contributed by atoms with Gasteiger partial charge in [0.1, 0.15) is 0 Å². The van der Waals surface area contributed by atoms with Crippen LogP contribution >= 0.6 is 0 Å². The third-order valence-corrected chi connectivity index (χ3v) is 2.06. The van der Waals surface area contributed by atoms with Crippen LogP contribution in [0.5, 0.6) is 0 Å². The van der Waals surface area contributed by atoms with Gasteiger partial charge >= 0.3 is 5.97 Å². The summed E-state index contributed by atoms with van der Waals surface area (Å²) in [5.74, 6) is -0.133. The normalized spacial score (nSPS) is 18.6. The molecule has 0 aromatic carbocycles. The first-order chi connectivity index (χ1) is 5.74. The van der Waals surface area contributed by atoms with Crippen molar-refractivity contribution in [2.75, 3.05) is 0 Å². The van der Waals surface area contributed by atoms with Crippen molar-refractivity contribution in [2.24, 2.45) is 5.92 Å². The lowest BCUT2D eigenvalue weighted by atomic mass is 10.1. The molecular formula is C10H14O2. The van der Waals surface area contributed by atoms with Crippen molar-refractivity contribution < 1.29 is 9.90 Å². The van der Waals surface area contributed by atoms with Crippen molar-refractivity contribution in [1.29, 1.82) is 0 Å². The molecule has 2 nitrogen and oxygen atoms in total. The minimum atomic E-state index is -0.877. The monoisotopic (exact) mass is 166 g/mol. The van der Waals surface area contributed by atoms with Gasteiger partial charge < -0.3 is 5.11 Å². The molecule has 1 saturated carbocycles. The van der Waals surface area contributed by atoms with Crippen LogP contribution in [0.1, 0.15) is 26.2 Å². The van der Waals surface area contributed by atoms with E-state index in [-0.39, 0.29) is 0 Å². The van der Waals surface area contributed by atoms with Crippen LogP contribution in [0.3, 0.4) is 0 Å². The van der Waals surface area contributed by atoms with Crippen molar-refractivity contribution >= 4 is 5.97 Å². The van der Waals surface area contributed by atoms with Gasteiger partial charge in [0.15, 0.2) is 0 Å². The van der Waals surface area contributed by atoms with E-state index in [4.69, 9.17) is 5.11 Å². The summed E-state index contributed by atoms with van der Waals surface area (Å²) in [7, 11) is 0. The number of hydrogen-bond donors (Lipinski definition) is 1. The maximum atomic E-state index is 10.1. The van der Waals surface area contributed by atoms with E-state index in [1.165, 1.54) is 24.5 Å². The molecule has 1 N–H and O–H groups in total. The fraction of sp³-hybridized carbons (Fsp3) is 0.500. The Hall–Kier alpha value is -1.05. The number of carboxylic acid groups (broad SMARTS) is 1. The second-order valence-corrected chi connectivity index (χ2v) is 3.07. The van der Waals surface area contributed by atoms with Crippen molar-refractivity contribution in [3.63, 3.8) is 0 Å². The summed E-state index contributed by atoms with van der Waals surface area (Å²) in [5, 5.41) is 8.34. The van der Waals surface area contributed by atoms with Gasteiger partial charge in [0.25, 0.3) is 0 Å². The van der Waals surface area contributed by atoms with Gasteiger partial charge in [0.05, 0.1) is 0 Å². The first-order valence-corrected chi connectivity index (χ1v) is 4.34. The lowest BCUT2D eigenvalue weighted by molar-refractivity contribution is -0.131. The molecule has 0 bridgehead atoms. The molecule has 0 aromatic rings. The average molecular weight is 166 g/mol. The lowest BCUT2D eigenvalue weighted by Crippen LogP contribution is -1.86. The van der Waals surface area contributed by atoms with Crippen molar-refractivity contribution in [1.82, 2.24) is 0 Å². The van der Waals surface area contributed by atoms with Gasteiger partial charge in [-0.15, -0.1) is 0 Å². The average Bonchev–Trinajstić information content (AvgIpc) is 2.80. The van der Waals surface area contributed by atoms with Crippen molar-refractivity contribution in [3.05, 3.63) is 23.8 Å². The molecule has 1 rings (SSSR count). The minimum Gasteiger partial charge on any atom is -0.478 e. The molecule has 12 heavy (non-hydrogen) atoms. The van der Waals surface area contributed by atoms with Crippen LogP contribution in [0.25, 0.3) is 0 Å². The van der Waals surface area contributed by atoms with Crippen molar-refractivity contribution in [2.45, 2.75) is 26.2 Å². The molecule has 1 aliphatic carbocycles. The lowest BCUT2D eigenvalue weighted by Gasteiger charge is -1.97. The topological polar surface area (TPSA) is 37.3 Å². The molecule has 2 heteroatoms. The quantitative estimate of drug-likeness (QED) is 0.514. The number of aliphatic carboxylic acids is 1. The van der Waals surface area contributed by atoms with E-state index in [1.54, 1.807) is 6.08 Å². The predicted molar refractivity (Wildman–Crippen MR) is 47.9 cm³/mol. The Morgan fingerprint density at radius 3 is 2.67 bits per heavy atom. The van der Waals surface area contributed by atoms with E-state index in [0.29, 0.717) is 0 Å². The number of rotatable bonds is 4. The van der Waals surface area contributed by atoms with Gasteiger partial charge in [0.2, 0.25) is 0 Å². The molecule has 1 fully saturated rings. The molecular weight excluding hydrogens is 152 g/mol. The van der Waals surface area contributed by atoms with E-state index < -0.39 is 5.97 Å². The molecule has 0 spiro atoms. The van der Waals surface area contributed by atoms with Crippen LogP contribution in [0.2, 0.25) is 0 Å². The molecule has 66 valence electrons. The van der Waals surface area contributed by atoms with E-state index in [2.05, 4.69) is 6.92 Å². The van der Waals surface area contributed by atoms with Crippen LogP contribution in [0.15, 0.2) is 23.8 Å². The van der Waals surface area contributed by atoms with Crippen molar-refractivity contribution in [3.8, 4) is 0 Å². The number of carbonyl (C=O) groups is 1. The van der Waals surface area contributed by atoms with E-state index >= 15 is 0 Å².